The lowest BCUT2D eigenvalue weighted by molar-refractivity contribution is -0.140. The van der Waals surface area contributed by atoms with Crippen LogP contribution in [0, 0.1) is 5.92 Å². The Morgan fingerprint density at radius 3 is 3.00 bits per heavy atom. The number of halogens is 1. The van der Waals surface area contributed by atoms with Crippen molar-refractivity contribution in [2.75, 3.05) is 13.1 Å². The van der Waals surface area contributed by atoms with Gasteiger partial charge in [-0.3, -0.25) is 4.79 Å². The quantitative estimate of drug-likeness (QED) is 0.907. The van der Waals surface area contributed by atoms with Crippen molar-refractivity contribution in [1.82, 2.24) is 10.2 Å². The molecule has 19 heavy (non-hydrogen) atoms. The predicted octanol–water partition coefficient (Wildman–Crippen LogP) is 2.55. The molecule has 2 heterocycles. The Kier molecular flexibility index (Phi) is 3.89. The van der Waals surface area contributed by atoms with Gasteiger partial charge in [0.15, 0.2) is 0 Å². The van der Waals surface area contributed by atoms with Gasteiger partial charge in [-0.25, -0.2) is 0 Å². The highest BCUT2D eigenvalue weighted by atomic mass is 79.9. The number of fused-ring (bicyclic) bond motifs is 1. The molecule has 1 aromatic carbocycles. The molecular formula is C15H19BrN2O. The Morgan fingerprint density at radius 2 is 2.16 bits per heavy atom. The van der Waals surface area contributed by atoms with Crippen molar-refractivity contribution in [3.05, 3.63) is 34.3 Å². The molecule has 0 saturated carbocycles. The number of nitrogens with zero attached hydrogens (tertiary/aromatic N) is 1. The van der Waals surface area contributed by atoms with E-state index in [1.165, 1.54) is 5.56 Å². The molecule has 2 saturated heterocycles. The zero-order valence-electron chi connectivity index (χ0n) is 10.9. The molecule has 4 heteroatoms. The zero-order valence-corrected chi connectivity index (χ0v) is 12.5. The van der Waals surface area contributed by atoms with Crippen LogP contribution in [0.3, 0.4) is 0 Å². The molecule has 2 aliphatic heterocycles. The van der Waals surface area contributed by atoms with Crippen LogP contribution in [-0.4, -0.2) is 29.9 Å². The number of hydrogen-bond acceptors (Lipinski definition) is 2. The van der Waals surface area contributed by atoms with E-state index in [1.54, 1.807) is 0 Å². The van der Waals surface area contributed by atoms with Crippen LogP contribution in [0.1, 0.15) is 24.8 Å². The van der Waals surface area contributed by atoms with Gasteiger partial charge in [-0.15, -0.1) is 0 Å². The van der Waals surface area contributed by atoms with Crippen molar-refractivity contribution in [1.29, 1.82) is 0 Å². The number of benzene rings is 1. The summed E-state index contributed by atoms with van der Waals surface area (Å²) in [5.41, 5.74) is 1.20. The van der Waals surface area contributed by atoms with Crippen LogP contribution in [-0.2, 0) is 11.3 Å². The topological polar surface area (TPSA) is 32.3 Å². The number of piperidine rings is 2. The molecular weight excluding hydrogens is 304 g/mol. The van der Waals surface area contributed by atoms with Crippen molar-refractivity contribution >= 4 is 21.8 Å². The minimum absolute atomic E-state index is 0.318. The normalized spacial score (nSPS) is 27.2. The average molecular weight is 323 g/mol. The van der Waals surface area contributed by atoms with Crippen LogP contribution in [0.2, 0.25) is 0 Å². The van der Waals surface area contributed by atoms with Gasteiger partial charge in [0.2, 0.25) is 5.91 Å². The second kappa shape index (κ2) is 5.63. The van der Waals surface area contributed by atoms with Crippen molar-refractivity contribution in [3.63, 3.8) is 0 Å². The monoisotopic (exact) mass is 322 g/mol. The number of rotatable bonds is 2. The first-order chi connectivity index (χ1) is 9.25. The summed E-state index contributed by atoms with van der Waals surface area (Å²) in [6.45, 7) is 2.83. The van der Waals surface area contributed by atoms with Crippen molar-refractivity contribution in [2.24, 2.45) is 5.92 Å². The number of likely N-dealkylation sites (tertiary alicyclic amines) is 1. The first-order valence-corrected chi connectivity index (χ1v) is 7.78. The minimum atomic E-state index is 0.318. The zero-order chi connectivity index (χ0) is 13.2. The number of carbonyl (C=O) groups is 1. The van der Waals surface area contributed by atoms with Crippen LogP contribution in [0.4, 0.5) is 0 Å². The smallest absolute Gasteiger partial charge is 0.223 e. The highest BCUT2D eigenvalue weighted by Gasteiger charge is 2.37. The van der Waals surface area contributed by atoms with Crippen molar-refractivity contribution in [2.45, 2.75) is 31.8 Å². The van der Waals surface area contributed by atoms with E-state index in [9.17, 15) is 4.79 Å². The minimum Gasteiger partial charge on any atom is -0.335 e. The third-order valence-electron chi connectivity index (χ3n) is 4.32. The third-order valence-corrected chi connectivity index (χ3v) is 5.09. The number of nitrogens with one attached hydrogen (secondary N) is 1. The molecule has 2 aliphatic rings. The molecule has 2 unspecified atom stereocenters. The molecule has 1 N–H and O–H groups in total. The maximum atomic E-state index is 12.3. The fourth-order valence-corrected chi connectivity index (χ4v) is 3.68. The molecule has 102 valence electrons. The fraction of sp³-hybridized carbons (Fsp3) is 0.533. The summed E-state index contributed by atoms with van der Waals surface area (Å²) in [6, 6.07) is 8.62. The molecule has 0 aromatic heterocycles. The van der Waals surface area contributed by atoms with E-state index < -0.39 is 0 Å². The van der Waals surface area contributed by atoms with Gasteiger partial charge >= 0.3 is 0 Å². The van der Waals surface area contributed by atoms with E-state index in [-0.39, 0.29) is 0 Å². The molecule has 0 radical (unpaired) electrons. The SMILES string of the molecule is O=C1CCC2CNCCC2N1Cc1ccccc1Br. The van der Waals surface area contributed by atoms with Gasteiger partial charge in [0.1, 0.15) is 0 Å². The van der Waals surface area contributed by atoms with Crippen LogP contribution < -0.4 is 5.32 Å². The van der Waals surface area contributed by atoms with E-state index in [4.69, 9.17) is 0 Å². The first kappa shape index (κ1) is 13.1. The lowest BCUT2D eigenvalue weighted by atomic mass is 9.84. The standard InChI is InChI=1S/C15H19BrN2O/c16-13-4-2-1-3-12(13)10-18-14-7-8-17-9-11(14)5-6-15(18)19/h1-4,11,14,17H,5-10H2. The Labute approximate surface area is 122 Å². The van der Waals surface area contributed by atoms with Crippen LogP contribution in [0.15, 0.2) is 28.7 Å². The molecule has 0 bridgehead atoms. The number of amides is 1. The van der Waals surface area contributed by atoms with E-state index in [0.717, 1.165) is 36.9 Å². The van der Waals surface area contributed by atoms with Gasteiger partial charge in [0, 0.05) is 23.5 Å². The second-order valence-electron chi connectivity index (χ2n) is 5.47. The Balaban J connectivity index is 1.81. The van der Waals surface area contributed by atoms with Gasteiger partial charge in [-0.1, -0.05) is 34.1 Å². The summed E-state index contributed by atoms with van der Waals surface area (Å²) >= 11 is 3.58. The van der Waals surface area contributed by atoms with E-state index in [0.29, 0.717) is 24.3 Å². The molecule has 0 spiro atoms. The molecule has 2 fully saturated rings. The summed E-state index contributed by atoms with van der Waals surface area (Å²) in [5, 5.41) is 3.45. The summed E-state index contributed by atoms with van der Waals surface area (Å²) in [4.78, 5) is 14.4. The summed E-state index contributed by atoms with van der Waals surface area (Å²) in [5.74, 6) is 0.952. The highest BCUT2D eigenvalue weighted by Crippen LogP contribution is 2.31. The lowest BCUT2D eigenvalue weighted by Crippen LogP contribution is -2.54. The summed E-state index contributed by atoms with van der Waals surface area (Å²) in [7, 11) is 0. The lowest BCUT2D eigenvalue weighted by Gasteiger charge is -2.44. The Hall–Kier alpha value is -0.870. The Morgan fingerprint density at radius 1 is 1.32 bits per heavy atom. The Bertz CT molecular complexity index is 477. The first-order valence-electron chi connectivity index (χ1n) is 6.99. The average Bonchev–Trinajstić information content (AvgIpc) is 2.44. The van der Waals surface area contributed by atoms with Crippen molar-refractivity contribution < 1.29 is 4.79 Å². The van der Waals surface area contributed by atoms with Crippen LogP contribution in [0.25, 0.3) is 0 Å². The summed E-state index contributed by atoms with van der Waals surface area (Å²) < 4.78 is 1.10. The van der Waals surface area contributed by atoms with E-state index >= 15 is 0 Å². The predicted molar refractivity (Wildman–Crippen MR) is 78.7 cm³/mol. The maximum Gasteiger partial charge on any atom is 0.223 e. The molecule has 2 atom stereocenters. The van der Waals surface area contributed by atoms with Gasteiger partial charge in [0.25, 0.3) is 0 Å². The van der Waals surface area contributed by atoms with Gasteiger partial charge < -0.3 is 10.2 Å². The molecule has 1 aromatic rings. The van der Waals surface area contributed by atoms with Gasteiger partial charge in [-0.05, 0) is 43.5 Å². The molecule has 0 aliphatic carbocycles. The molecule has 3 rings (SSSR count). The van der Waals surface area contributed by atoms with Gasteiger partial charge in [-0.2, -0.15) is 0 Å². The number of hydrogen-bond donors (Lipinski definition) is 1. The number of carbonyl (C=O) groups excluding carboxylic acids is 1. The van der Waals surface area contributed by atoms with Crippen molar-refractivity contribution in [3.8, 4) is 0 Å². The van der Waals surface area contributed by atoms with Crippen LogP contribution in [0.5, 0.6) is 0 Å². The second-order valence-corrected chi connectivity index (χ2v) is 6.33. The molecule has 3 nitrogen and oxygen atoms in total. The molecule has 1 amide bonds. The third kappa shape index (κ3) is 2.70. The van der Waals surface area contributed by atoms with E-state index in [1.807, 2.05) is 18.2 Å². The summed E-state index contributed by atoms with van der Waals surface area (Å²) in [6.07, 6.45) is 2.83. The largest absolute Gasteiger partial charge is 0.335 e. The highest BCUT2D eigenvalue weighted by molar-refractivity contribution is 9.10. The van der Waals surface area contributed by atoms with Gasteiger partial charge in [0.05, 0.1) is 0 Å². The fourth-order valence-electron chi connectivity index (χ4n) is 3.27. The van der Waals surface area contributed by atoms with Crippen LogP contribution >= 0.6 is 15.9 Å². The van der Waals surface area contributed by atoms with E-state index in [2.05, 4.69) is 32.2 Å². The maximum absolute atomic E-state index is 12.3.